The lowest BCUT2D eigenvalue weighted by Crippen LogP contribution is -2.50. The van der Waals surface area contributed by atoms with Gasteiger partial charge in [0.05, 0.1) is 5.60 Å². The number of piperidine rings is 1. The number of benzene rings is 4. The van der Waals surface area contributed by atoms with Gasteiger partial charge in [-0.3, -0.25) is 4.90 Å². The van der Waals surface area contributed by atoms with Gasteiger partial charge in [-0.25, -0.2) is 0 Å². The van der Waals surface area contributed by atoms with E-state index >= 15 is 0 Å². The number of hydrogen-bond donors (Lipinski definition) is 1. The van der Waals surface area contributed by atoms with Crippen molar-refractivity contribution in [2.24, 2.45) is 0 Å². The Kier molecular flexibility index (Phi) is 12.1. The average Bonchev–Trinajstić information content (AvgIpc) is 3.08. The molecule has 1 fully saturated rings. The molecule has 0 aliphatic carbocycles. The van der Waals surface area contributed by atoms with Gasteiger partial charge in [-0.15, -0.1) is 0 Å². The fourth-order valence-corrected chi connectivity index (χ4v) is 7.20. The summed E-state index contributed by atoms with van der Waals surface area (Å²) in [4.78, 5) is 2.53. The predicted molar refractivity (Wildman–Crippen MR) is 192 cm³/mol. The third-order valence-electron chi connectivity index (χ3n) is 10.2. The molecule has 3 nitrogen and oxygen atoms in total. The minimum atomic E-state index is -0.802. The maximum Gasteiger partial charge on any atom is 0.123 e. The van der Waals surface area contributed by atoms with Gasteiger partial charge >= 0.3 is 0 Å². The molecule has 1 heterocycles. The number of aliphatic hydroxyl groups is 1. The van der Waals surface area contributed by atoms with Crippen LogP contribution >= 0.6 is 0 Å². The summed E-state index contributed by atoms with van der Waals surface area (Å²) in [6.45, 7) is 10.1. The summed E-state index contributed by atoms with van der Waals surface area (Å²) in [6, 6.07) is 38.8. The highest BCUT2D eigenvalue weighted by molar-refractivity contribution is 5.44. The highest BCUT2D eigenvalue weighted by Crippen LogP contribution is 2.45. The van der Waals surface area contributed by atoms with Gasteiger partial charge in [-0.05, 0) is 65.8 Å². The lowest BCUT2D eigenvalue weighted by molar-refractivity contribution is -0.0515. The first-order valence-electron chi connectivity index (χ1n) is 17.7. The molecule has 4 aromatic carbocycles. The molecule has 0 bridgehead atoms. The zero-order chi connectivity index (χ0) is 32.2. The van der Waals surface area contributed by atoms with E-state index in [9.17, 15) is 5.11 Å². The molecule has 1 N–H and O–H groups in total. The predicted octanol–water partition coefficient (Wildman–Crippen LogP) is 10.3. The molecule has 46 heavy (non-hydrogen) atoms. The minimum absolute atomic E-state index is 0.0479. The Morgan fingerprint density at radius 2 is 1.43 bits per heavy atom. The van der Waals surface area contributed by atoms with Gasteiger partial charge in [0.25, 0.3) is 0 Å². The quantitative estimate of drug-likeness (QED) is 0.127. The summed E-state index contributed by atoms with van der Waals surface area (Å²) in [7, 11) is 0. The van der Waals surface area contributed by atoms with E-state index in [0.29, 0.717) is 6.61 Å². The summed E-state index contributed by atoms with van der Waals surface area (Å²) in [6.07, 6.45) is 9.68. The molecule has 4 aromatic rings. The molecule has 0 amide bonds. The lowest BCUT2D eigenvalue weighted by Gasteiger charge is -2.46. The van der Waals surface area contributed by atoms with E-state index in [4.69, 9.17) is 4.74 Å². The fourth-order valence-electron chi connectivity index (χ4n) is 7.20. The number of ether oxygens (including phenoxy) is 1. The second-order valence-electron chi connectivity index (χ2n) is 14.2. The molecule has 3 heteroatoms. The van der Waals surface area contributed by atoms with Crippen molar-refractivity contribution in [1.82, 2.24) is 4.90 Å². The van der Waals surface area contributed by atoms with Crippen LogP contribution in [-0.2, 0) is 25.0 Å². The topological polar surface area (TPSA) is 32.7 Å². The van der Waals surface area contributed by atoms with E-state index in [2.05, 4.69) is 135 Å². The third-order valence-corrected chi connectivity index (χ3v) is 10.2. The van der Waals surface area contributed by atoms with Gasteiger partial charge in [0.2, 0.25) is 0 Å². The Morgan fingerprint density at radius 3 is 2.11 bits per heavy atom. The first-order valence-corrected chi connectivity index (χ1v) is 17.7. The van der Waals surface area contributed by atoms with Crippen LogP contribution in [0.25, 0.3) is 0 Å². The molecule has 0 aromatic heterocycles. The zero-order valence-corrected chi connectivity index (χ0v) is 28.5. The van der Waals surface area contributed by atoms with Crippen LogP contribution in [0.5, 0.6) is 5.75 Å². The zero-order valence-electron chi connectivity index (χ0n) is 28.5. The molecule has 1 aliphatic heterocycles. The van der Waals surface area contributed by atoms with Crippen molar-refractivity contribution >= 4 is 0 Å². The maximum atomic E-state index is 12.6. The monoisotopic (exact) mass is 617 g/mol. The SMILES string of the molecule is CCCCCCC(C)(C)c1ccc(C2CN(Cc3ccccc3)CCC2(O)CCCc2ccccc2)c(OCc2ccccc2)c1. The number of likely N-dealkylation sites (tertiary alicyclic amines) is 1. The number of aryl methyl sites for hydroxylation is 1. The standard InChI is InChI=1S/C43H55NO2/c1-4-5-6-16-27-42(2,3)38-25-26-39(41(31-38)46-34-37-22-14-9-15-23-37)40-33-44(32-36-20-12-8-13-21-36)30-29-43(40,45)28-17-24-35-18-10-7-11-19-35/h7-15,18-23,25-26,31,40,45H,4-6,16-17,24,27-30,32-34H2,1-3H3. The largest absolute Gasteiger partial charge is 0.489 e. The van der Waals surface area contributed by atoms with Crippen LogP contribution in [0.1, 0.15) is 106 Å². The molecule has 244 valence electrons. The Hall–Kier alpha value is -3.40. The van der Waals surface area contributed by atoms with Crippen molar-refractivity contribution < 1.29 is 9.84 Å². The van der Waals surface area contributed by atoms with E-state index < -0.39 is 5.60 Å². The lowest BCUT2D eigenvalue weighted by atomic mass is 9.72. The van der Waals surface area contributed by atoms with Crippen LogP contribution in [0.3, 0.4) is 0 Å². The van der Waals surface area contributed by atoms with Crippen LogP contribution in [0, 0.1) is 0 Å². The van der Waals surface area contributed by atoms with E-state index in [1.807, 2.05) is 0 Å². The molecule has 1 saturated heterocycles. The van der Waals surface area contributed by atoms with Crippen molar-refractivity contribution in [2.45, 2.75) is 109 Å². The van der Waals surface area contributed by atoms with Crippen molar-refractivity contribution in [3.05, 3.63) is 137 Å². The van der Waals surface area contributed by atoms with Gasteiger partial charge in [0, 0.05) is 31.1 Å². The Morgan fingerprint density at radius 1 is 0.783 bits per heavy atom. The van der Waals surface area contributed by atoms with Crippen LogP contribution in [0.4, 0.5) is 0 Å². The van der Waals surface area contributed by atoms with Gasteiger partial charge < -0.3 is 9.84 Å². The molecule has 0 spiro atoms. The van der Waals surface area contributed by atoms with E-state index in [0.717, 1.165) is 68.6 Å². The van der Waals surface area contributed by atoms with Crippen molar-refractivity contribution in [2.75, 3.05) is 13.1 Å². The summed E-state index contributed by atoms with van der Waals surface area (Å²) in [5, 5.41) is 12.6. The smallest absolute Gasteiger partial charge is 0.123 e. The highest BCUT2D eigenvalue weighted by Gasteiger charge is 2.43. The third kappa shape index (κ3) is 9.33. The fraction of sp³-hybridized carbons (Fsp3) is 0.442. The van der Waals surface area contributed by atoms with Crippen molar-refractivity contribution in [3.8, 4) is 5.75 Å². The average molecular weight is 618 g/mol. The van der Waals surface area contributed by atoms with E-state index in [1.54, 1.807) is 0 Å². The van der Waals surface area contributed by atoms with Crippen molar-refractivity contribution in [3.63, 3.8) is 0 Å². The summed E-state index contributed by atoms with van der Waals surface area (Å²) >= 11 is 0. The summed E-state index contributed by atoms with van der Waals surface area (Å²) in [5.74, 6) is 0.879. The molecule has 2 atom stereocenters. The first-order chi connectivity index (χ1) is 22.4. The van der Waals surface area contributed by atoms with E-state index in [-0.39, 0.29) is 11.3 Å². The van der Waals surface area contributed by atoms with Crippen molar-refractivity contribution in [1.29, 1.82) is 0 Å². The van der Waals surface area contributed by atoms with Gasteiger partial charge in [0.15, 0.2) is 0 Å². The van der Waals surface area contributed by atoms with Crippen LogP contribution < -0.4 is 4.74 Å². The molecule has 0 radical (unpaired) electrons. The molecule has 5 rings (SSSR count). The van der Waals surface area contributed by atoms with Crippen LogP contribution in [0.2, 0.25) is 0 Å². The maximum absolute atomic E-state index is 12.6. The molecular weight excluding hydrogens is 562 g/mol. The molecular formula is C43H55NO2. The number of nitrogens with zero attached hydrogens (tertiary/aromatic N) is 1. The highest BCUT2D eigenvalue weighted by atomic mass is 16.5. The number of hydrogen-bond acceptors (Lipinski definition) is 3. The van der Waals surface area contributed by atoms with Gasteiger partial charge in [-0.2, -0.15) is 0 Å². The summed E-state index contributed by atoms with van der Waals surface area (Å²) < 4.78 is 6.75. The Balaban J connectivity index is 1.45. The first kappa shape index (κ1) is 33.9. The Bertz CT molecular complexity index is 1450. The second kappa shape index (κ2) is 16.4. The van der Waals surface area contributed by atoms with Crippen LogP contribution in [0.15, 0.2) is 109 Å². The second-order valence-corrected chi connectivity index (χ2v) is 14.2. The Labute approximate surface area is 278 Å². The minimum Gasteiger partial charge on any atom is -0.489 e. The number of unbranched alkanes of at least 4 members (excludes halogenated alkanes) is 3. The number of rotatable bonds is 16. The molecule has 1 aliphatic rings. The van der Waals surface area contributed by atoms with Gasteiger partial charge in [0.1, 0.15) is 12.4 Å². The van der Waals surface area contributed by atoms with E-state index in [1.165, 1.54) is 42.4 Å². The molecule has 2 unspecified atom stereocenters. The molecule has 0 saturated carbocycles. The summed E-state index contributed by atoms with van der Waals surface area (Å²) in [5.41, 5.74) is 5.52. The normalized spacial score (nSPS) is 18.8. The van der Waals surface area contributed by atoms with Gasteiger partial charge in [-0.1, -0.05) is 150 Å². The van der Waals surface area contributed by atoms with Crippen LogP contribution in [-0.4, -0.2) is 28.7 Å².